The second kappa shape index (κ2) is 7.89. The number of thiocarbonyl (C=S) groups is 1. The van der Waals surface area contributed by atoms with Crippen molar-refractivity contribution in [3.8, 4) is 11.5 Å². The lowest BCUT2D eigenvalue weighted by atomic mass is 10.1. The van der Waals surface area contributed by atoms with Crippen LogP contribution in [0.2, 0.25) is 0 Å². The predicted molar refractivity (Wildman–Crippen MR) is 105 cm³/mol. The van der Waals surface area contributed by atoms with E-state index in [-0.39, 0.29) is 17.2 Å². The van der Waals surface area contributed by atoms with Crippen molar-refractivity contribution in [3.05, 3.63) is 64.3 Å². The van der Waals surface area contributed by atoms with Crippen molar-refractivity contribution in [2.45, 2.75) is 0 Å². The van der Waals surface area contributed by atoms with Crippen LogP contribution in [0.1, 0.15) is 15.9 Å². The Morgan fingerprint density at radius 2 is 1.89 bits per heavy atom. The number of nitrogens with zero attached hydrogens (tertiary/aromatic N) is 1. The second-order valence-corrected chi connectivity index (χ2v) is 7.22. The van der Waals surface area contributed by atoms with Crippen molar-refractivity contribution in [1.29, 1.82) is 0 Å². The Morgan fingerprint density at radius 3 is 2.48 bits per heavy atom. The molecule has 1 heterocycles. The Bertz CT molecular complexity index is 957. The number of amides is 1. The summed E-state index contributed by atoms with van der Waals surface area (Å²) in [5.74, 6) is -0.701. The third kappa shape index (κ3) is 4.17. The van der Waals surface area contributed by atoms with Gasteiger partial charge in [-0.1, -0.05) is 30.0 Å². The van der Waals surface area contributed by atoms with Crippen LogP contribution in [-0.4, -0.2) is 35.3 Å². The molecule has 0 unspecified atom stereocenters. The van der Waals surface area contributed by atoms with E-state index >= 15 is 0 Å². The van der Waals surface area contributed by atoms with Crippen LogP contribution in [0.25, 0.3) is 6.08 Å². The topological polar surface area (TPSA) is 55.8 Å². The number of thioether (sulfide) groups is 1. The molecule has 0 spiro atoms. The molecule has 0 bridgehead atoms. The number of hydrogen-bond donors (Lipinski definition) is 0. The highest BCUT2D eigenvalue weighted by Crippen LogP contribution is 2.34. The average molecular weight is 403 g/mol. The Kier molecular flexibility index (Phi) is 5.57. The molecule has 0 radical (unpaired) electrons. The van der Waals surface area contributed by atoms with Gasteiger partial charge in [0.05, 0.1) is 17.6 Å². The molecule has 8 heteroatoms. The number of likely N-dealkylation sites (N-methyl/N-ethyl adjacent to an activating group) is 1. The summed E-state index contributed by atoms with van der Waals surface area (Å²) < 4.78 is 24.1. The Morgan fingerprint density at radius 1 is 1.19 bits per heavy atom. The Labute approximate surface area is 164 Å². The number of rotatable bonds is 4. The van der Waals surface area contributed by atoms with Crippen LogP contribution in [0.15, 0.2) is 47.4 Å². The fourth-order valence-corrected chi connectivity index (χ4v) is 3.48. The van der Waals surface area contributed by atoms with Crippen LogP contribution in [-0.2, 0) is 4.79 Å². The SMILES string of the molecule is COc1cc(C=C2SC(=S)N(C)C2=O)ccc1OC(=O)c1ccc(F)cc1. The van der Waals surface area contributed by atoms with E-state index in [1.807, 2.05) is 0 Å². The minimum atomic E-state index is -0.632. The summed E-state index contributed by atoms with van der Waals surface area (Å²) in [6.45, 7) is 0. The molecule has 0 aromatic heterocycles. The van der Waals surface area contributed by atoms with Gasteiger partial charge in [-0.2, -0.15) is 0 Å². The number of benzene rings is 2. The fraction of sp³-hybridized carbons (Fsp3) is 0.105. The van der Waals surface area contributed by atoms with Crippen molar-refractivity contribution in [3.63, 3.8) is 0 Å². The van der Waals surface area contributed by atoms with E-state index in [2.05, 4.69) is 0 Å². The molecule has 138 valence electrons. The van der Waals surface area contributed by atoms with Gasteiger partial charge < -0.3 is 9.47 Å². The number of carbonyl (C=O) groups is 2. The highest BCUT2D eigenvalue weighted by Gasteiger charge is 2.28. The Balaban J connectivity index is 1.82. The molecule has 5 nitrogen and oxygen atoms in total. The standard InChI is InChI=1S/C19H14FNO4S2/c1-21-17(22)16(27-19(21)26)10-11-3-8-14(15(9-11)24-2)25-18(23)12-4-6-13(20)7-5-12/h3-10H,1-2H3. The highest BCUT2D eigenvalue weighted by atomic mass is 32.2. The fourth-order valence-electron chi connectivity index (χ4n) is 2.30. The summed E-state index contributed by atoms with van der Waals surface area (Å²) in [6, 6.07) is 9.95. The molecule has 3 rings (SSSR count). The average Bonchev–Trinajstić information content (AvgIpc) is 2.90. The zero-order valence-electron chi connectivity index (χ0n) is 14.4. The lowest BCUT2D eigenvalue weighted by Gasteiger charge is -2.10. The van der Waals surface area contributed by atoms with Crippen LogP contribution in [0.3, 0.4) is 0 Å². The summed E-state index contributed by atoms with van der Waals surface area (Å²) in [5, 5.41) is 0. The highest BCUT2D eigenvalue weighted by molar-refractivity contribution is 8.26. The molecular formula is C19H14FNO4S2. The molecule has 0 aliphatic carbocycles. The van der Waals surface area contributed by atoms with Crippen molar-refractivity contribution < 1.29 is 23.5 Å². The third-order valence-electron chi connectivity index (χ3n) is 3.75. The van der Waals surface area contributed by atoms with Gasteiger partial charge in [0.15, 0.2) is 11.5 Å². The van der Waals surface area contributed by atoms with Gasteiger partial charge in [0.25, 0.3) is 5.91 Å². The van der Waals surface area contributed by atoms with E-state index in [1.165, 1.54) is 48.0 Å². The zero-order valence-corrected chi connectivity index (χ0v) is 16.0. The maximum atomic E-state index is 13.0. The smallest absolute Gasteiger partial charge is 0.343 e. The minimum absolute atomic E-state index is 0.171. The van der Waals surface area contributed by atoms with Crippen LogP contribution in [0, 0.1) is 5.82 Å². The van der Waals surface area contributed by atoms with Crippen LogP contribution >= 0.6 is 24.0 Å². The maximum Gasteiger partial charge on any atom is 0.343 e. The van der Waals surface area contributed by atoms with E-state index in [1.54, 1.807) is 31.3 Å². The summed E-state index contributed by atoms with van der Waals surface area (Å²) in [4.78, 5) is 26.2. The normalized spacial score (nSPS) is 15.4. The lowest BCUT2D eigenvalue weighted by molar-refractivity contribution is -0.121. The summed E-state index contributed by atoms with van der Waals surface area (Å²) in [7, 11) is 3.07. The molecule has 2 aromatic rings. The first-order valence-corrected chi connectivity index (χ1v) is 8.99. The Hall–Kier alpha value is -2.71. The maximum absolute atomic E-state index is 13.0. The van der Waals surface area contributed by atoms with Crippen LogP contribution in [0.4, 0.5) is 4.39 Å². The van der Waals surface area contributed by atoms with Crippen LogP contribution < -0.4 is 9.47 Å². The molecule has 1 aliphatic rings. The van der Waals surface area contributed by atoms with E-state index < -0.39 is 11.8 Å². The van der Waals surface area contributed by atoms with E-state index in [9.17, 15) is 14.0 Å². The van der Waals surface area contributed by atoms with Gasteiger partial charge in [-0.15, -0.1) is 0 Å². The van der Waals surface area contributed by atoms with Gasteiger partial charge >= 0.3 is 5.97 Å². The number of halogens is 1. The number of ether oxygens (including phenoxy) is 2. The lowest BCUT2D eigenvalue weighted by Crippen LogP contribution is -2.22. The summed E-state index contributed by atoms with van der Waals surface area (Å²) >= 11 is 6.32. The van der Waals surface area contributed by atoms with Gasteiger partial charge in [-0.25, -0.2) is 9.18 Å². The van der Waals surface area contributed by atoms with Crippen LogP contribution in [0.5, 0.6) is 11.5 Å². The molecule has 1 aliphatic heterocycles. The van der Waals surface area contributed by atoms with Crippen molar-refractivity contribution >= 4 is 46.3 Å². The number of methoxy groups -OCH3 is 1. The number of carbonyl (C=O) groups excluding carboxylic acids is 2. The van der Waals surface area contributed by atoms with Crippen molar-refractivity contribution in [2.75, 3.05) is 14.2 Å². The number of hydrogen-bond acceptors (Lipinski definition) is 6. The molecule has 1 fully saturated rings. The van der Waals surface area contributed by atoms with Crippen molar-refractivity contribution in [2.24, 2.45) is 0 Å². The number of esters is 1. The third-order valence-corrected chi connectivity index (χ3v) is 5.24. The largest absolute Gasteiger partial charge is 0.493 e. The monoisotopic (exact) mass is 403 g/mol. The molecule has 1 saturated heterocycles. The van der Waals surface area contributed by atoms with E-state index in [4.69, 9.17) is 21.7 Å². The molecule has 0 N–H and O–H groups in total. The van der Waals surface area contributed by atoms with Gasteiger partial charge in [-0.05, 0) is 48.0 Å². The molecule has 0 saturated carbocycles. The zero-order chi connectivity index (χ0) is 19.6. The summed E-state index contributed by atoms with van der Waals surface area (Å²) in [5.41, 5.74) is 0.913. The second-order valence-electron chi connectivity index (χ2n) is 5.55. The van der Waals surface area contributed by atoms with Gasteiger partial charge in [0.1, 0.15) is 10.1 Å². The molecule has 2 aromatic carbocycles. The van der Waals surface area contributed by atoms with E-state index in [0.29, 0.717) is 20.5 Å². The molecule has 27 heavy (non-hydrogen) atoms. The molecule has 0 atom stereocenters. The molecule has 1 amide bonds. The van der Waals surface area contributed by atoms with Crippen molar-refractivity contribution in [1.82, 2.24) is 4.90 Å². The van der Waals surface area contributed by atoms with Gasteiger partial charge in [0, 0.05) is 7.05 Å². The first kappa shape index (κ1) is 19.1. The van der Waals surface area contributed by atoms with Gasteiger partial charge in [0.2, 0.25) is 0 Å². The van der Waals surface area contributed by atoms with Gasteiger partial charge in [-0.3, -0.25) is 9.69 Å². The summed E-state index contributed by atoms with van der Waals surface area (Å²) in [6.07, 6.45) is 1.69. The quantitative estimate of drug-likeness (QED) is 0.334. The minimum Gasteiger partial charge on any atom is -0.493 e. The first-order valence-electron chi connectivity index (χ1n) is 7.76. The van der Waals surface area contributed by atoms with E-state index in [0.717, 1.165) is 0 Å². The predicted octanol–water partition coefficient (Wildman–Crippen LogP) is 3.88. The first-order chi connectivity index (χ1) is 12.9. The molecular weight excluding hydrogens is 389 g/mol.